The van der Waals surface area contributed by atoms with Crippen molar-refractivity contribution < 1.29 is 24.2 Å². The fourth-order valence-corrected chi connectivity index (χ4v) is 5.39. The summed E-state index contributed by atoms with van der Waals surface area (Å²) >= 11 is 0. The molecule has 220 valence electrons. The zero-order chi connectivity index (χ0) is 28.6. The van der Waals surface area contributed by atoms with Gasteiger partial charge < -0.3 is 30.1 Å². The minimum Gasteiger partial charge on any atom is -0.493 e. The summed E-state index contributed by atoms with van der Waals surface area (Å²) in [7, 11) is 1.69. The van der Waals surface area contributed by atoms with Gasteiger partial charge in [-0.05, 0) is 54.2 Å². The highest BCUT2D eigenvalue weighted by atomic mass is 16.5. The van der Waals surface area contributed by atoms with E-state index in [-0.39, 0.29) is 47.8 Å². The van der Waals surface area contributed by atoms with Gasteiger partial charge in [-0.25, -0.2) is 0 Å². The minimum absolute atomic E-state index is 0.0608. The molecule has 2 amide bonds. The molecule has 1 saturated heterocycles. The van der Waals surface area contributed by atoms with E-state index in [2.05, 4.69) is 63.5 Å². The van der Waals surface area contributed by atoms with Crippen molar-refractivity contribution >= 4 is 11.8 Å². The number of hydrogen-bond donors (Lipinski definition) is 3. The van der Waals surface area contributed by atoms with E-state index in [9.17, 15) is 14.7 Å². The van der Waals surface area contributed by atoms with Gasteiger partial charge in [0.2, 0.25) is 11.8 Å². The quantitative estimate of drug-likeness (QED) is 0.309. The van der Waals surface area contributed by atoms with Gasteiger partial charge in [0.25, 0.3) is 0 Å². The lowest BCUT2D eigenvalue weighted by atomic mass is 9.85. The molecule has 0 aromatic heterocycles. The summed E-state index contributed by atoms with van der Waals surface area (Å²) in [6, 6.07) is 6.34. The van der Waals surface area contributed by atoms with Gasteiger partial charge in [-0.15, -0.1) is 0 Å². The summed E-state index contributed by atoms with van der Waals surface area (Å²) in [6.45, 7) is 13.5. The number of aliphatic hydroxyl groups excluding tert-OH is 1. The average Bonchev–Trinajstić information content (AvgIpc) is 3.73. The molecule has 1 aliphatic heterocycles. The van der Waals surface area contributed by atoms with Crippen LogP contribution in [0.3, 0.4) is 0 Å². The van der Waals surface area contributed by atoms with Crippen molar-refractivity contribution in [2.75, 3.05) is 40.0 Å². The van der Waals surface area contributed by atoms with Gasteiger partial charge in [-0.2, -0.15) is 0 Å². The highest BCUT2D eigenvalue weighted by Gasteiger charge is 2.39. The van der Waals surface area contributed by atoms with E-state index in [4.69, 9.17) is 9.47 Å². The van der Waals surface area contributed by atoms with Crippen LogP contribution in [0.1, 0.15) is 77.8 Å². The second-order valence-electron chi connectivity index (χ2n) is 12.8. The fourth-order valence-electron chi connectivity index (χ4n) is 5.39. The van der Waals surface area contributed by atoms with Crippen LogP contribution in [-0.4, -0.2) is 73.9 Å². The predicted octanol–water partition coefficient (Wildman–Crippen LogP) is 3.64. The molecule has 1 unspecified atom stereocenters. The highest BCUT2D eigenvalue weighted by molar-refractivity contribution is 5.83. The zero-order valence-corrected chi connectivity index (χ0v) is 24.9. The molecule has 3 rings (SSSR count). The molecule has 8 heteroatoms. The molecule has 1 aromatic carbocycles. The fraction of sp³-hybridized carbons (Fsp3) is 0.742. The standard InChI is InChI=1S/C31H51N3O5/c1-21(2)14-25(20-35)33-29(36)23-16-24(18-32-17-23)30(37)34(26-9-10-26)19-22-8-11-27(31(3,4)5)28(15-22)39-13-7-12-38-6/h8,11,15,21,23-26,32,35H,7,9-10,12-14,16-20H2,1-6H3,(H,33,36)/t23-,24+,25?/m0/s1. The Morgan fingerprint density at radius 3 is 2.49 bits per heavy atom. The maximum absolute atomic E-state index is 13.8. The van der Waals surface area contributed by atoms with Gasteiger partial charge in [-0.3, -0.25) is 9.59 Å². The van der Waals surface area contributed by atoms with Crippen LogP contribution in [-0.2, 0) is 26.3 Å². The number of ether oxygens (including phenoxy) is 2. The summed E-state index contributed by atoms with van der Waals surface area (Å²) in [5.74, 6) is 0.758. The van der Waals surface area contributed by atoms with Crippen molar-refractivity contribution in [2.45, 2.75) is 90.8 Å². The van der Waals surface area contributed by atoms with E-state index in [1.165, 1.54) is 0 Å². The Kier molecular flexibility index (Phi) is 11.6. The Bertz CT molecular complexity index is 941. The smallest absolute Gasteiger partial charge is 0.227 e. The molecule has 1 aromatic rings. The van der Waals surface area contributed by atoms with Crippen LogP contribution in [0.15, 0.2) is 18.2 Å². The lowest BCUT2D eigenvalue weighted by molar-refractivity contribution is -0.139. The third-order valence-corrected chi connectivity index (χ3v) is 7.62. The first-order valence-corrected chi connectivity index (χ1v) is 14.7. The van der Waals surface area contributed by atoms with Crippen LogP contribution in [0.4, 0.5) is 0 Å². The molecule has 3 N–H and O–H groups in total. The van der Waals surface area contributed by atoms with Crippen molar-refractivity contribution in [2.24, 2.45) is 17.8 Å². The molecule has 3 atom stereocenters. The lowest BCUT2D eigenvalue weighted by Gasteiger charge is -2.34. The third kappa shape index (κ3) is 9.47. The number of rotatable bonds is 14. The number of carbonyl (C=O) groups is 2. The monoisotopic (exact) mass is 545 g/mol. The van der Waals surface area contributed by atoms with Crippen molar-refractivity contribution in [1.29, 1.82) is 0 Å². The van der Waals surface area contributed by atoms with Crippen LogP contribution < -0.4 is 15.4 Å². The van der Waals surface area contributed by atoms with Crippen LogP contribution in [0, 0.1) is 17.8 Å². The molecule has 2 fully saturated rings. The molecule has 1 saturated carbocycles. The highest BCUT2D eigenvalue weighted by Crippen LogP contribution is 2.35. The number of benzene rings is 1. The molecule has 0 radical (unpaired) electrons. The number of nitrogens with one attached hydrogen (secondary N) is 2. The number of methoxy groups -OCH3 is 1. The van der Waals surface area contributed by atoms with Crippen molar-refractivity contribution in [3.63, 3.8) is 0 Å². The first kappa shape index (κ1) is 31.4. The molecular weight excluding hydrogens is 494 g/mol. The zero-order valence-electron chi connectivity index (χ0n) is 24.9. The Morgan fingerprint density at radius 2 is 1.87 bits per heavy atom. The first-order valence-electron chi connectivity index (χ1n) is 14.7. The van der Waals surface area contributed by atoms with Crippen LogP contribution in [0.5, 0.6) is 5.75 Å². The second kappa shape index (κ2) is 14.5. The largest absolute Gasteiger partial charge is 0.493 e. The van der Waals surface area contributed by atoms with Gasteiger partial charge in [0.1, 0.15) is 5.75 Å². The molecule has 39 heavy (non-hydrogen) atoms. The molecule has 1 aliphatic carbocycles. The van der Waals surface area contributed by atoms with E-state index in [0.717, 1.165) is 42.6 Å². The van der Waals surface area contributed by atoms with E-state index in [1.54, 1.807) is 7.11 Å². The molecule has 0 spiro atoms. The Balaban J connectivity index is 1.69. The van der Waals surface area contributed by atoms with E-state index >= 15 is 0 Å². The van der Waals surface area contributed by atoms with Gasteiger partial charge in [0.05, 0.1) is 31.1 Å². The molecule has 8 nitrogen and oxygen atoms in total. The summed E-state index contributed by atoms with van der Waals surface area (Å²) in [5.41, 5.74) is 2.15. The number of hydrogen-bond acceptors (Lipinski definition) is 6. The summed E-state index contributed by atoms with van der Waals surface area (Å²) in [6.07, 6.45) is 4.11. The summed E-state index contributed by atoms with van der Waals surface area (Å²) in [4.78, 5) is 28.8. The third-order valence-electron chi connectivity index (χ3n) is 7.62. The second-order valence-corrected chi connectivity index (χ2v) is 12.8. The molecular formula is C31H51N3O5. The first-order chi connectivity index (χ1) is 18.5. The number of piperidine rings is 1. The van der Waals surface area contributed by atoms with Crippen molar-refractivity contribution in [3.05, 3.63) is 29.3 Å². The topological polar surface area (TPSA) is 100 Å². The van der Waals surface area contributed by atoms with Crippen LogP contribution >= 0.6 is 0 Å². The van der Waals surface area contributed by atoms with Crippen molar-refractivity contribution in [1.82, 2.24) is 15.5 Å². The normalized spacial score (nSPS) is 20.5. The lowest BCUT2D eigenvalue weighted by Crippen LogP contribution is -2.51. The molecule has 0 bridgehead atoms. The number of carbonyl (C=O) groups excluding carboxylic acids is 2. The Labute approximate surface area is 235 Å². The van der Waals surface area contributed by atoms with Gasteiger partial charge in [-0.1, -0.05) is 46.8 Å². The SMILES string of the molecule is COCCCOc1cc(CN(C(=O)[C@H]2CNC[C@@H](C(=O)NC(CO)CC(C)C)C2)C2CC2)ccc1C(C)(C)C. The minimum atomic E-state index is -0.284. The van der Waals surface area contributed by atoms with Crippen LogP contribution in [0.25, 0.3) is 0 Å². The Morgan fingerprint density at radius 1 is 1.15 bits per heavy atom. The van der Waals surface area contributed by atoms with E-state index in [1.807, 2.05) is 4.90 Å². The predicted molar refractivity (Wildman–Crippen MR) is 154 cm³/mol. The maximum atomic E-state index is 13.8. The van der Waals surface area contributed by atoms with E-state index in [0.29, 0.717) is 45.2 Å². The molecule has 2 aliphatic rings. The maximum Gasteiger partial charge on any atom is 0.227 e. The molecule has 1 heterocycles. The summed E-state index contributed by atoms with van der Waals surface area (Å²) in [5, 5.41) is 16.0. The van der Waals surface area contributed by atoms with Gasteiger partial charge in [0, 0.05) is 45.8 Å². The summed E-state index contributed by atoms with van der Waals surface area (Å²) < 4.78 is 11.4. The number of amides is 2. The van der Waals surface area contributed by atoms with Crippen LogP contribution in [0.2, 0.25) is 0 Å². The average molecular weight is 546 g/mol. The Hall–Kier alpha value is -2.16. The van der Waals surface area contributed by atoms with Gasteiger partial charge >= 0.3 is 0 Å². The number of nitrogens with zero attached hydrogens (tertiary/aromatic N) is 1. The van der Waals surface area contributed by atoms with Crippen molar-refractivity contribution in [3.8, 4) is 5.75 Å². The number of aliphatic hydroxyl groups is 1. The van der Waals surface area contributed by atoms with E-state index < -0.39 is 0 Å². The van der Waals surface area contributed by atoms with Gasteiger partial charge in [0.15, 0.2) is 0 Å².